The highest BCUT2D eigenvalue weighted by molar-refractivity contribution is 6.41. The van der Waals surface area contributed by atoms with Crippen molar-refractivity contribution in [1.82, 2.24) is 0 Å². The van der Waals surface area contributed by atoms with Crippen molar-refractivity contribution in [2.24, 2.45) is 0 Å². The van der Waals surface area contributed by atoms with Crippen LogP contribution in [0.25, 0.3) is 22.3 Å². The number of amides is 1. The maximum Gasteiger partial charge on any atom is 0.416 e. The highest BCUT2D eigenvalue weighted by Crippen LogP contribution is 2.35. The van der Waals surface area contributed by atoms with E-state index in [4.69, 9.17) is 0 Å². The Bertz CT molecular complexity index is 1470. The van der Waals surface area contributed by atoms with Gasteiger partial charge in [-0.1, -0.05) is 66.7 Å². The number of hydrogen-bond donors (Lipinski definition) is 1. The van der Waals surface area contributed by atoms with Crippen LogP contribution in [0.2, 0.25) is 0 Å². The Hall–Kier alpha value is -4.79. The van der Waals surface area contributed by atoms with Gasteiger partial charge in [0.25, 0.3) is 11.6 Å². The Morgan fingerprint density at radius 3 is 1.95 bits per heavy atom. The van der Waals surface area contributed by atoms with Crippen molar-refractivity contribution in [2.45, 2.75) is 12.6 Å². The number of nitro benzene ring substituents is 1. The minimum absolute atomic E-state index is 0.186. The predicted octanol–water partition coefficient (Wildman–Crippen LogP) is 6.70. The average molecular weight is 504 g/mol. The van der Waals surface area contributed by atoms with Gasteiger partial charge in [0.05, 0.1) is 10.5 Å². The molecular formula is C28H19F3N2O4. The van der Waals surface area contributed by atoms with Crippen LogP contribution in [0.1, 0.15) is 11.1 Å². The van der Waals surface area contributed by atoms with E-state index in [9.17, 15) is 32.9 Å². The molecule has 0 bridgehead atoms. The van der Waals surface area contributed by atoms with Crippen molar-refractivity contribution in [1.29, 1.82) is 0 Å². The number of halogens is 3. The van der Waals surface area contributed by atoms with Gasteiger partial charge in [-0.25, -0.2) is 0 Å². The van der Waals surface area contributed by atoms with Crippen molar-refractivity contribution in [2.75, 3.05) is 5.32 Å². The zero-order chi connectivity index (χ0) is 26.6. The summed E-state index contributed by atoms with van der Waals surface area (Å²) in [5.41, 5.74) is 0.969. The molecule has 0 saturated heterocycles. The van der Waals surface area contributed by atoms with E-state index in [1.165, 1.54) is 24.3 Å². The van der Waals surface area contributed by atoms with Crippen LogP contribution in [0, 0.1) is 10.1 Å². The van der Waals surface area contributed by atoms with E-state index in [1.54, 1.807) is 60.7 Å². The van der Waals surface area contributed by atoms with Gasteiger partial charge in [0.1, 0.15) is 0 Å². The molecule has 0 saturated carbocycles. The number of alkyl halides is 3. The molecule has 37 heavy (non-hydrogen) atoms. The standard InChI is InChI=1S/C28H19F3N2O4/c29-28(30,31)21-12-11-20(23(16-21)18-7-3-1-4-8-18)15-26(34)27(35)32-25-14-13-22(33(36)37)17-24(25)19-9-5-2-6-10-19/h1-14,16-17H,15H2,(H,32,35). The van der Waals surface area contributed by atoms with Gasteiger partial charge in [0.2, 0.25) is 5.78 Å². The lowest BCUT2D eigenvalue weighted by Crippen LogP contribution is -2.25. The summed E-state index contributed by atoms with van der Waals surface area (Å²) in [5.74, 6) is -1.88. The Kier molecular flexibility index (Phi) is 7.15. The summed E-state index contributed by atoms with van der Waals surface area (Å²) < 4.78 is 40.0. The number of Topliss-reactive ketones (excluding diaryl/α,β-unsaturated/α-hetero) is 1. The van der Waals surface area contributed by atoms with Gasteiger partial charge >= 0.3 is 6.18 Å². The maximum absolute atomic E-state index is 13.3. The molecule has 0 atom stereocenters. The number of rotatable bonds is 7. The second kappa shape index (κ2) is 10.4. The van der Waals surface area contributed by atoms with Gasteiger partial charge < -0.3 is 5.32 Å². The Labute approximate surface area is 209 Å². The predicted molar refractivity (Wildman–Crippen MR) is 133 cm³/mol. The minimum atomic E-state index is -4.58. The average Bonchev–Trinajstić information content (AvgIpc) is 2.89. The minimum Gasteiger partial charge on any atom is -0.319 e. The first-order valence-corrected chi connectivity index (χ1v) is 11.1. The van der Waals surface area contributed by atoms with E-state index >= 15 is 0 Å². The number of nitrogens with one attached hydrogen (secondary N) is 1. The van der Waals surface area contributed by atoms with Gasteiger partial charge in [-0.05, 0) is 40.5 Å². The molecule has 0 aliphatic heterocycles. The fraction of sp³-hybridized carbons (Fsp3) is 0.0714. The molecule has 1 amide bonds. The molecule has 0 radical (unpaired) electrons. The molecule has 0 aliphatic rings. The molecule has 0 aromatic heterocycles. The van der Waals surface area contributed by atoms with E-state index in [0.29, 0.717) is 16.7 Å². The third-order valence-corrected chi connectivity index (χ3v) is 5.67. The third kappa shape index (κ3) is 5.90. The zero-order valence-electron chi connectivity index (χ0n) is 19.2. The second-order valence-electron chi connectivity index (χ2n) is 8.14. The van der Waals surface area contributed by atoms with Crippen LogP contribution in [0.4, 0.5) is 24.5 Å². The number of non-ortho nitro benzene ring substituents is 1. The summed E-state index contributed by atoms with van der Waals surface area (Å²) in [5, 5.41) is 13.8. The molecule has 0 aliphatic carbocycles. The van der Waals surface area contributed by atoms with Crippen LogP contribution in [0.15, 0.2) is 97.1 Å². The molecule has 1 N–H and O–H groups in total. The number of ketones is 1. The third-order valence-electron chi connectivity index (χ3n) is 5.67. The highest BCUT2D eigenvalue weighted by atomic mass is 19.4. The number of hydrogen-bond acceptors (Lipinski definition) is 4. The summed E-state index contributed by atoms with van der Waals surface area (Å²) in [6.07, 6.45) is -5.02. The lowest BCUT2D eigenvalue weighted by atomic mass is 9.94. The molecule has 0 fully saturated rings. The molecular weight excluding hydrogens is 485 g/mol. The normalized spacial score (nSPS) is 11.1. The number of nitrogens with zero attached hydrogens (tertiary/aromatic N) is 1. The first-order chi connectivity index (χ1) is 17.6. The van der Waals surface area contributed by atoms with Crippen molar-refractivity contribution in [3.05, 3.63) is 118 Å². The summed E-state index contributed by atoms with van der Waals surface area (Å²) in [4.78, 5) is 36.4. The highest BCUT2D eigenvalue weighted by Gasteiger charge is 2.31. The lowest BCUT2D eigenvalue weighted by Gasteiger charge is -2.14. The molecule has 4 aromatic carbocycles. The summed E-state index contributed by atoms with van der Waals surface area (Å²) in [6, 6.07) is 23.7. The molecule has 186 valence electrons. The van der Waals surface area contributed by atoms with Crippen molar-refractivity contribution < 1.29 is 27.7 Å². The SMILES string of the molecule is O=C(Cc1ccc(C(F)(F)F)cc1-c1ccccc1)C(=O)Nc1ccc([N+](=O)[O-])cc1-c1ccccc1. The molecule has 0 spiro atoms. The van der Waals surface area contributed by atoms with E-state index in [0.717, 1.165) is 12.1 Å². The molecule has 9 heteroatoms. The quantitative estimate of drug-likeness (QED) is 0.172. The van der Waals surface area contributed by atoms with Gasteiger partial charge in [-0.2, -0.15) is 13.2 Å². The van der Waals surface area contributed by atoms with Gasteiger partial charge in [0.15, 0.2) is 0 Å². The Balaban J connectivity index is 1.63. The summed E-state index contributed by atoms with van der Waals surface area (Å²) in [6.45, 7) is 0. The van der Waals surface area contributed by atoms with Gasteiger partial charge in [-0.15, -0.1) is 0 Å². The van der Waals surface area contributed by atoms with Crippen LogP contribution in [0.5, 0.6) is 0 Å². The number of anilines is 1. The maximum atomic E-state index is 13.3. The number of carbonyl (C=O) groups excluding carboxylic acids is 2. The topological polar surface area (TPSA) is 89.3 Å². The molecule has 0 unspecified atom stereocenters. The molecule has 0 heterocycles. The smallest absolute Gasteiger partial charge is 0.319 e. The van der Waals surface area contributed by atoms with E-state index in [-0.39, 0.29) is 22.5 Å². The van der Waals surface area contributed by atoms with Crippen LogP contribution in [-0.2, 0) is 22.2 Å². The van der Waals surface area contributed by atoms with Crippen LogP contribution >= 0.6 is 0 Å². The van der Waals surface area contributed by atoms with Crippen molar-refractivity contribution in [3.63, 3.8) is 0 Å². The Morgan fingerprint density at radius 1 is 0.784 bits per heavy atom. The van der Waals surface area contributed by atoms with E-state index in [2.05, 4.69) is 5.32 Å². The van der Waals surface area contributed by atoms with Crippen molar-refractivity contribution in [3.8, 4) is 22.3 Å². The summed E-state index contributed by atoms with van der Waals surface area (Å²) in [7, 11) is 0. The van der Waals surface area contributed by atoms with Crippen molar-refractivity contribution >= 4 is 23.1 Å². The van der Waals surface area contributed by atoms with Crippen LogP contribution in [0.3, 0.4) is 0 Å². The van der Waals surface area contributed by atoms with E-state index in [1.807, 2.05) is 0 Å². The number of carbonyl (C=O) groups is 2. The zero-order valence-corrected chi connectivity index (χ0v) is 19.2. The fourth-order valence-corrected chi connectivity index (χ4v) is 3.85. The largest absolute Gasteiger partial charge is 0.416 e. The molecule has 4 rings (SSSR count). The molecule has 6 nitrogen and oxygen atoms in total. The van der Waals surface area contributed by atoms with Gasteiger partial charge in [0, 0.05) is 29.8 Å². The lowest BCUT2D eigenvalue weighted by molar-refractivity contribution is -0.384. The van der Waals surface area contributed by atoms with Crippen LogP contribution in [-0.4, -0.2) is 16.6 Å². The van der Waals surface area contributed by atoms with Gasteiger partial charge in [-0.3, -0.25) is 19.7 Å². The molecule has 4 aromatic rings. The monoisotopic (exact) mass is 504 g/mol. The second-order valence-corrected chi connectivity index (χ2v) is 8.14. The number of benzene rings is 4. The summed E-state index contributed by atoms with van der Waals surface area (Å²) >= 11 is 0. The van der Waals surface area contributed by atoms with Crippen LogP contribution < -0.4 is 5.32 Å². The fourth-order valence-electron chi connectivity index (χ4n) is 3.85. The van der Waals surface area contributed by atoms with E-state index < -0.39 is 34.8 Å². The first kappa shape index (κ1) is 25.3. The first-order valence-electron chi connectivity index (χ1n) is 11.1. The Morgan fingerprint density at radius 2 is 1.38 bits per heavy atom. The number of nitro groups is 1.